The van der Waals surface area contributed by atoms with E-state index in [9.17, 15) is 18.0 Å². The molecule has 4 unspecified atom stereocenters. The average Bonchev–Trinajstić information content (AvgIpc) is 2.58. The van der Waals surface area contributed by atoms with Gasteiger partial charge in [0.2, 0.25) is 0 Å². The quantitative estimate of drug-likeness (QED) is 0.717. The minimum atomic E-state index is -4.34. The van der Waals surface area contributed by atoms with Crippen LogP contribution in [0.1, 0.15) is 19.3 Å². The van der Waals surface area contributed by atoms with Crippen LogP contribution >= 0.6 is 0 Å². The Morgan fingerprint density at radius 2 is 1.79 bits per heavy atom. The minimum Gasteiger partial charge on any atom is -0.481 e. The van der Waals surface area contributed by atoms with E-state index in [1.54, 1.807) is 0 Å². The van der Waals surface area contributed by atoms with Crippen LogP contribution in [0, 0.1) is 23.7 Å². The SMILES string of the molecule is O=C(O)C1C2CCC(C2)C1C(F)(F)F. The normalized spacial score (nSPS) is 41.6. The van der Waals surface area contributed by atoms with E-state index < -0.39 is 29.9 Å². The summed E-state index contributed by atoms with van der Waals surface area (Å²) in [6.07, 6.45) is -2.71. The maximum Gasteiger partial charge on any atom is 0.392 e. The fourth-order valence-electron chi connectivity index (χ4n) is 3.12. The number of halogens is 3. The highest BCUT2D eigenvalue weighted by molar-refractivity contribution is 5.71. The topological polar surface area (TPSA) is 37.3 Å². The summed E-state index contributed by atoms with van der Waals surface area (Å²) in [6, 6.07) is 0. The van der Waals surface area contributed by atoms with Gasteiger partial charge in [0, 0.05) is 0 Å². The van der Waals surface area contributed by atoms with Crippen molar-refractivity contribution in [2.24, 2.45) is 23.7 Å². The second-order valence-electron chi connectivity index (χ2n) is 4.26. The van der Waals surface area contributed by atoms with Crippen LogP contribution in [0.25, 0.3) is 0 Å². The van der Waals surface area contributed by atoms with Crippen molar-refractivity contribution in [3.8, 4) is 0 Å². The molecule has 0 saturated heterocycles. The lowest BCUT2D eigenvalue weighted by atomic mass is 9.79. The molecule has 0 heterocycles. The second kappa shape index (κ2) is 2.87. The van der Waals surface area contributed by atoms with Gasteiger partial charge in [0.15, 0.2) is 0 Å². The van der Waals surface area contributed by atoms with Crippen LogP contribution in [0.15, 0.2) is 0 Å². The first-order chi connectivity index (χ1) is 6.41. The average molecular weight is 208 g/mol. The fourth-order valence-corrected chi connectivity index (χ4v) is 3.12. The Kier molecular flexibility index (Phi) is 2.01. The van der Waals surface area contributed by atoms with Gasteiger partial charge >= 0.3 is 12.1 Å². The van der Waals surface area contributed by atoms with Crippen molar-refractivity contribution in [2.45, 2.75) is 25.4 Å². The summed E-state index contributed by atoms with van der Waals surface area (Å²) < 4.78 is 37.7. The van der Waals surface area contributed by atoms with Crippen molar-refractivity contribution in [2.75, 3.05) is 0 Å². The number of carboxylic acids is 1. The number of hydrogen-bond donors (Lipinski definition) is 1. The van der Waals surface area contributed by atoms with Gasteiger partial charge in [0.1, 0.15) is 0 Å². The largest absolute Gasteiger partial charge is 0.481 e. The Morgan fingerprint density at radius 3 is 2.21 bits per heavy atom. The molecule has 0 amide bonds. The molecule has 4 atom stereocenters. The fraction of sp³-hybridized carbons (Fsp3) is 0.889. The first kappa shape index (κ1) is 9.80. The Balaban J connectivity index is 2.26. The van der Waals surface area contributed by atoms with E-state index in [1.165, 1.54) is 0 Å². The van der Waals surface area contributed by atoms with Gasteiger partial charge < -0.3 is 5.11 Å². The molecule has 2 fully saturated rings. The molecule has 2 bridgehead atoms. The second-order valence-corrected chi connectivity index (χ2v) is 4.26. The predicted octanol–water partition coefficient (Wildman–Crippen LogP) is 2.30. The van der Waals surface area contributed by atoms with Crippen LogP contribution in [0.4, 0.5) is 13.2 Å². The molecular weight excluding hydrogens is 197 g/mol. The Labute approximate surface area is 79.1 Å². The lowest BCUT2D eigenvalue weighted by Crippen LogP contribution is -2.39. The van der Waals surface area contributed by atoms with Crippen LogP contribution in [0.2, 0.25) is 0 Å². The van der Waals surface area contributed by atoms with Crippen molar-refractivity contribution >= 4 is 5.97 Å². The molecule has 0 radical (unpaired) electrons. The summed E-state index contributed by atoms with van der Waals surface area (Å²) in [5.74, 6) is -4.75. The highest BCUT2D eigenvalue weighted by atomic mass is 19.4. The Hall–Kier alpha value is -0.740. The number of carboxylic acid groups (broad SMARTS) is 1. The molecule has 2 aliphatic carbocycles. The Bertz CT molecular complexity index is 261. The van der Waals surface area contributed by atoms with Crippen molar-refractivity contribution < 1.29 is 23.1 Å². The van der Waals surface area contributed by atoms with Gasteiger partial charge in [-0.1, -0.05) is 0 Å². The number of alkyl halides is 3. The molecule has 2 aliphatic rings. The van der Waals surface area contributed by atoms with Crippen LogP contribution < -0.4 is 0 Å². The monoisotopic (exact) mass is 208 g/mol. The summed E-state index contributed by atoms with van der Waals surface area (Å²) in [5.41, 5.74) is 0. The maximum atomic E-state index is 12.6. The third-order valence-electron chi connectivity index (χ3n) is 3.58. The molecule has 0 aromatic heterocycles. The number of fused-ring (bicyclic) bond motifs is 2. The van der Waals surface area contributed by atoms with Gasteiger partial charge in [-0.05, 0) is 31.1 Å². The van der Waals surface area contributed by atoms with Crippen LogP contribution in [0.5, 0.6) is 0 Å². The molecule has 5 heteroatoms. The summed E-state index contributed by atoms with van der Waals surface area (Å²) in [7, 11) is 0. The van der Waals surface area contributed by atoms with Crippen molar-refractivity contribution in [1.29, 1.82) is 0 Å². The van der Waals surface area contributed by atoms with Gasteiger partial charge in [0.05, 0.1) is 11.8 Å². The van der Waals surface area contributed by atoms with Gasteiger partial charge in [0.25, 0.3) is 0 Å². The van der Waals surface area contributed by atoms with Gasteiger partial charge in [-0.3, -0.25) is 4.79 Å². The third kappa shape index (κ3) is 1.29. The molecule has 0 spiro atoms. The smallest absolute Gasteiger partial charge is 0.392 e. The number of hydrogen-bond acceptors (Lipinski definition) is 1. The van der Waals surface area contributed by atoms with E-state index in [2.05, 4.69) is 0 Å². The van der Waals surface area contributed by atoms with Crippen LogP contribution in [0.3, 0.4) is 0 Å². The molecule has 0 aliphatic heterocycles. The van der Waals surface area contributed by atoms with Crippen molar-refractivity contribution in [3.63, 3.8) is 0 Å². The zero-order chi connectivity index (χ0) is 10.5. The molecule has 2 nitrogen and oxygen atoms in total. The van der Waals surface area contributed by atoms with E-state index in [0.29, 0.717) is 19.3 Å². The maximum absolute atomic E-state index is 12.6. The molecule has 0 aromatic rings. The van der Waals surface area contributed by atoms with Gasteiger partial charge in [-0.25, -0.2) is 0 Å². The summed E-state index contributed by atoms with van der Waals surface area (Å²) in [5, 5.41) is 8.77. The lowest BCUT2D eigenvalue weighted by molar-refractivity contribution is -0.206. The van der Waals surface area contributed by atoms with E-state index in [4.69, 9.17) is 5.11 Å². The third-order valence-corrected chi connectivity index (χ3v) is 3.58. The van der Waals surface area contributed by atoms with Crippen LogP contribution in [-0.4, -0.2) is 17.3 Å². The molecule has 1 N–H and O–H groups in total. The van der Waals surface area contributed by atoms with E-state index >= 15 is 0 Å². The highest BCUT2D eigenvalue weighted by Crippen LogP contribution is 2.57. The van der Waals surface area contributed by atoms with Gasteiger partial charge in [-0.2, -0.15) is 13.2 Å². The van der Waals surface area contributed by atoms with Gasteiger partial charge in [-0.15, -0.1) is 0 Å². The molecular formula is C9H11F3O2. The molecule has 2 saturated carbocycles. The summed E-state index contributed by atoms with van der Waals surface area (Å²) in [4.78, 5) is 10.7. The van der Waals surface area contributed by atoms with Crippen molar-refractivity contribution in [1.82, 2.24) is 0 Å². The van der Waals surface area contributed by atoms with E-state index in [-0.39, 0.29) is 5.92 Å². The Morgan fingerprint density at radius 1 is 1.21 bits per heavy atom. The minimum absolute atomic E-state index is 0.246. The first-order valence-electron chi connectivity index (χ1n) is 4.71. The number of carbonyl (C=O) groups is 1. The number of rotatable bonds is 1. The zero-order valence-electron chi connectivity index (χ0n) is 7.42. The standard InChI is InChI=1S/C9H11F3O2/c10-9(11,12)7-5-2-1-4(3-5)6(7)8(13)14/h4-7H,1-3H2,(H,13,14). The zero-order valence-corrected chi connectivity index (χ0v) is 7.42. The predicted molar refractivity (Wildman–Crippen MR) is 41.5 cm³/mol. The molecule has 0 aromatic carbocycles. The molecule has 80 valence electrons. The molecule has 2 rings (SSSR count). The lowest BCUT2D eigenvalue weighted by Gasteiger charge is -2.29. The molecule has 14 heavy (non-hydrogen) atoms. The highest BCUT2D eigenvalue weighted by Gasteiger charge is 2.61. The first-order valence-corrected chi connectivity index (χ1v) is 4.71. The van der Waals surface area contributed by atoms with Crippen molar-refractivity contribution in [3.05, 3.63) is 0 Å². The van der Waals surface area contributed by atoms with E-state index in [1.807, 2.05) is 0 Å². The van der Waals surface area contributed by atoms with E-state index in [0.717, 1.165) is 0 Å². The van der Waals surface area contributed by atoms with Crippen LogP contribution in [-0.2, 0) is 4.79 Å². The number of aliphatic carboxylic acids is 1. The summed E-state index contributed by atoms with van der Waals surface area (Å²) in [6.45, 7) is 0. The summed E-state index contributed by atoms with van der Waals surface area (Å²) >= 11 is 0.